The number of nitrogens with zero attached hydrogens (tertiary/aromatic N) is 2. The number of aryl methyl sites for hydroxylation is 2. The predicted octanol–water partition coefficient (Wildman–Crippen LogP) is 3.65. The zero-order chi connectivity index (χ0) is 22.7. The van der Waals surface area contributed by atoms with E-state index in [0.717, 1.165) is 47.1 Å². The molecule has 32 heavy (non-hydrogen) atoms. The number of benzene rings is 2. The zero-order valence-corrected chi connectivity index (χ0v) is 20.0. The molecule has 0 radical (unpaired) electrons. The Kier molecular flexibility index (Phi) is 6.84. The van der Waals surface area contributed by atoms with Crippen molar-refractivity contribution in [2.45, 2.75) is 33.3 Å². The zero-order valence-electron chi connectivity index (χ0n) is 19.2. The Morgan fingerprint density at radius 3 is 2.88 bits per heavy atom. The summed E-state index contributed by atoms with van der Waals surface area (Å²) < 4.78 is 11.2. The molecule has 1 aromatic heterocycles. The van der Waals surface area contributed by atoms with Gasteiger partial charge in [-0.15, -0.1) is 11.3 Å². The van der Waals surface area contributed by atoms with Crippen LogP contribution in [0.1, 0.15) is 29.5 Å². The molecule has 1 atom stereocenters. The number of carbonyl (C=O) groups is 1. The first-order valence-electron chi connectivity index (χ1n) is 11.0. The van der Waals surface area contributed by atoms with Crippen LogP contribution in [0.25, 0.3) is 11.3 Å². The number of piperidine rings is 1. The second kappa shape index (κ2) is 9.78. The van der Waals surface area contributed by atoms with E-state index in [4.69, 9.17) is 14.5 Å². The van der Waals surface area contributed by atoms with Crippen molar-refractivity contribution >= 4 is 35.7 Å². The Hall–Kier alpha value is -2.80. The van der Waals surface area contributed by atoms with E-state index in [0.29, 0.717) is 13.2 Å². The lowest BCUT2D eigenvalue weighted by Gasteiger charge is -2.30. The molecule has 4 rings (SSSR count). The minimum atomic E-state index is -0.132. The van der Waals surface area contributed by atoms with Gasteiger partial charge in [-0.2, -0.15) is 0 Å². The number of aromatic nitrogens is 1. The minimum absolute atomic E-state index is 0.0864. The summed E-state index contributed by atoms with van der Waals surface area (Å²) in [4.78, 5) is 19.1. The molecule has 1 aliphatic rings. The largest absolute Gasteiger partial charge is 0.488 e. The summed E-state index contributed by atoms with van der Waals surface area (Å²) in [5.41, 5.74) is 6.74. The molecule has 0 spiro atoms. The van der Waals surface area contributed by atoms with E-state index in [2.05, 4.69) is 62.3 Å². The minimum Gasteiger partial charge on any atom is -0.488 e. The van der Waals surface area contributed by atoms with E-state index >= 15 is 0 Å². The Bertz CT molecular complexity index is 1110. The first-order chi connectivity index (χ1) is 15.4. The highest BCUT2D eigenvalue weighted by Crippen LogP contribution is 2.36. The summed E-state index contributed by atoms with van der Waals surface area (Å²) in [6.45, 7) is 6.28. The van der Waals surface area contributed by atoms with Crippen LogP contribution in [0, 0.1) is 19.8 Å². The summed E-state index contributed by atoms with van der Waals surface area (Å²) in [5.74, 6) is 0.613. The second-order valence-corrected chi connectivity index (χ2v) is 9.38. The summed E-state index contributed by atoms with van der Waals surface area (Å²) in [7, 11) is 3.56. The average molecular weight is 448 g/mol. The molecule has 2 heterocycles. The van der Waals surface area contributed by atoms with E-state index in [-0.39, 0.29) is 11.9 Å². The fourth-order valence-electron chi connectivity index (χ4n) is 4.18. The molecule has 1 aliphatic heterocycles. The smallest absolute Gasteiger partial charge is 0.310 e. The van der Waals surface area contributed by atoms with E-state index in [1.165, 1.54) is 23.7 Å². The van der Waals surface area contributed by atoms with Gasteiger partial charge in [0.2, 0.25) is 0 Å². The number of rotatable bonds is 6. The number of hydrogen-bond acceptors (Lipinski definition) is 6. The topological polar surface area (TPSA) is 51.7 Å². The van der Waals surface area contributed by atoms with Crippen LogP contribution in [0.4, 0.5) is 5.13 Å². The number of anilines is 1. The molecule has 3 aromatic rings. The molecule has 0 saturated carbocycles. The van der Waals surface area contributed by atoms with Gasteiger partial charge in [-0.1, -0.05) is 35.3 Å². The molecule has 1 unspecified atom stereocenters. The van der Waals surface area contributed by atoms with E-state index in [9.17, 15) is 4.79 Å². The van der Waals surface area contributed by atoms with Crippen LogP contribution < -0.4 is 15.1 Å². The molecule has 2 aromatic carbocycles. The number of methoxy groups -OCH3 is 1. The maximum absolute atomic E-state index is 12.0. The van der Waals surface area contributed by atoms with Crippen LogP contribution in [-0.2, 0) is 16.1 Å². The Balaban J connectivity index is 1.54. The third kappa shape index (κ3) is 4.99. The number of thiazole rings is 1. The lowest BCUT2D eigenvalue weighted by molar-refractivity contribution is -0.145. The summed E-state index contributed by atoms with van der Waals surface area (Å²) in [6.07, 6.45) is 1.83. The molecule has 0 N–H and O–H groups in total. The molecule has 166 valence electrons. The van der Waals surface area contributed by atoms with Gasteiger partial charge in [0.1, 0.15) is 20.2 Å². The van der Waals surface area contributed by atoms with Crippen LogP contribution >= 0.6 is 11.3 Å². The fraction of sp³-hybridized carbons (Fsp3) is 0.360. The Morgan fingerprint density at radius 2 is 2.09 bits per heavy atom. The van der Waals surface area contributed by atoms with Gasteiger partial charge in [-0.3, -0.25) is 4.79 Å². The molecule has 1 fully saturated rings. The summed E-state index contributed by atoms with van der Waals surface area (Å²) in [6, 6.07) is 12.7. The van der Waals surface area contributed by atoms with Crippen LogP contribution in [-0.4, -0.2) is 39.0 Å². The highest BCUT2D eigenvalue weighted by atomic mass is 32.1. The van der Waals surface area contributed by atoms with Gasteiger partial charge < -0.3 is 14.4 Å². The maximum atomic E-state index is 12.0. The molecule has 0 amide bonds. The number of ether oxygens (including phenoxy) is 2. The van der Waals surface area contributed by atoms with Crippen molar-refractivity contribution in [2.24, 2.45) is 5.92 Å². The number of carbonyl (C=O) groups excluding carboxylic acids is 1. The van der Waals surface area contributed by atoms with Gasteiger partial charge in [0.15, 0.2) is 5.13 Å². The van der Waals surface area contributed by atoms with Crippen molar-refractivity contribution in [2.75, 3.05) is 25.1 Å². The standard InChI is InChI=1S/C25H29BN2O3S/c1-16-6-9-23(31-14-19-7-8-20(26)12-17(19)2)21(11-16)22-15-32-25(27-22)28-10-4-5-18(13-28)24(29)30-3/h6-9,11-12,15,18H,4-5,10,13-14,26H2,1-3H3. The normalized spacial score (nSPS) is 16.1. The molecular formula is C25H29BN2O3S. The monoisotopic (exact) mass is 448 g/mol. The van der Waals surface area contributed by atoms with Gasteiger partial charge >= 0.3 is 5.97 Å². The van der Waals surface area contributed by atoms with E-state index in [1.54, 1.807) is 11.3 Å². The maximum Gasteiger partial charge on any atom is 0.310 e. The third-order valence-corrected chi connectivity index (χ3v) is 6.91. The molecule has 0 bridgehead atoms. The highest BCUT2D eigenvalue weighted by Gasteiger charge is 2.28. The van der Waals surface area contributed by atoms with Crippen molar-refractivity contribution < 1.29 is 14.3 Å². The summed E-state index contributed by atoms with van der Waals surface area (Å²) in [5, 5.41) is 3.02. The van der Waals surface area contributed by atoms with Gasteiger partial charge in [0.05, 0.1) is 18.7 Å². The fourth-order valence-corrected chi connectivity index (χ4v) is 5.04. The van der Waals surface area contributed by atoms with Crippen molar-refractivity contribution in [1.82, 2.24) is 4.98 Å². The molecule has 5 nitrogen and oxygen atoms in total. The van der Waals surface area contributed by atoms with E-state index in [1.807, 2.05) is 6.07 Å². The van der Waals surface area contributed by atoms with Gasteiger partial charge in [0.25, 0.3) is 0 Å². The first kappa shape index (κ1) is 22.4. The van der Waals surface area contributed by atoms with Crippen LogP contribution in [0.5, 0.6) is 5.75 Å². The Morgan fingerprint density at radius 1 is 1.25 bits per heavy atom. The third-order valence-electron chi connectivity index (χ3n) is 6.01. The highest BCUT2D eigenvalue weighted by molar-refractivity contribution is 7.14. The molecular weight excluding hydrogens is 419 g/mol. The lowest BCUT2D eigenvalue weighted by atomic mass is 9.93. The second-order valence-electron chi connectivity index (χ2n) is 8.54. The molecule has 7 heteroatoms. The average Bonchev–Trinajstić information content (AvgIpc) is 3.29. The van der Waals surface area contributed by atoms with Gasteiger partial charge in [-0.05, 0) is 49.9 Å². The Labute approximate surface area is 194 Å². The quantitative estimate of drug-likeness (QED) is 0.426. The number of hydrogen-bond donors (Lipinski definition) is 0. The van der Waals surface area contributed by atoms with Crippen molar-refractivity contribution in [1.29, 1.82) is 0 Å². The van der Waals surface area contributed by atoms with Crippen molar-refractivity contribution in [3.63, 3.8) is 0 Å². The van der Waals surface area contributed by atoms with E-state index < -0.39 is 0 Å². The van der Waals surface area contributed by atoms with Crippen LogP contribution in [0.2, 0.25) is 0 Å². The van der Waals surface area contributed by atoms with Gasteiger partial charge in [0, 0.05) is 24.0 Å². The molecule has 1 saturated heterocycles. The van der Waals surface area contributed by atoms with Crippen molar-refractivity contribution in [3.8, 4) is 17.0 Å². The van der Waals surface area contributed by atoms with Gasteiger partial charge in [-0.25, -0.2) is 4.98 Å². The molecule has 0 aliphatic carbocycles. The SMILES string of the molecule is Bc1ccc(COc2ccc(C)cc2-c2csc(N3CCCC(C(=O)OC)C3)n2)c(C)c1. The van der Waals surface area contributed by atoms with Crippen molar-refractivity contribution in [3.05, 3.63) is 58.5 Å². The van der Waals surface area contributed by atoms with Crippen LogP contribution in [0.3, 0.4) is 0 Å². The lowest BCUT2D eigenvalue weighted by Crippen LogP contribution is -2.39. The van der Waals surface area contributed by atoms with Crippen LogP contribution in [0.15, 0.2) is 41.8 Å². The predicted molar refractivity (Wildman–Crippen MR) is 133 cm³/mol. The summed E-state index contributed by atoms with van der Waals surface area (Å²) >= 11 is 1.61. The number of esters is 1. The first-order valence-corrected chi connectivity index (χ1v) is 11.9.